The van der Waals surface area contributed by atoms with Crippen LogP contribution in [0, 0.1) is 5.92 Å². The molecule has 0 fully saturated rings. The van der Waals surface area contributed by atoms with Crippen LogP contribution < -0.4 is 10.6 Å². The van der Waals surface area contributed by atoms with E-state index in [1.54, 1.807) is 6.33 Å². The van der Waals surface area contributed by atoms with Gasteiger partial charge in [0.25, 0.3) is 0 Å². The quantitative estimate of drug-likeness (QED) is 0.681. The van der Waals surface area contributed by atoms with Crippen molar-refractivity contribution in [1.82, 2.24) is 9.97 Å². The van der Waals surface area contributed by atoms with Gasteiger partial charge in [0.2, 0.25) is 0 Å². The average molecular weight is 280 g/mol. The smallest absolute Gasteiger partial charge is 0.134 e. The molecular weight excluding hydrogens is 252 g/mol. The van der Waals surface area contributed by atoms with E-state index in [4.69, 9.17) is 4.74 Å². The summed E-state index contributed by atoms with van der Waals surface area (Å²) in [6.07, 6.45) is 2.57. The molecule has 0 bridgehead atoms. The molecule has 0 saturated carbocycles. The van der Waals surface area contributed by atoms with E-state index in [-0.39, 0.29) is 0 Å². The molecule has 5 heteroatoms. The van der Waals surface area contributed by atoms with Crippen LogP contribution in [0.3, 0.4) is 0 Å². The second-order valence-corrected chi connectivity index (χ2v) is 5.64. The first-order valence-corrected chi connectivity index (χ1v) is 7.40. The van der Waals surface area contributed by atoms with Crippen molar-refractivity contribution in [2.45, 2.75) is 40.0 Å². The van der Waals surface area contributed by atoms with Gasteiger partial charge in [-0.05, 0) is 18.3 Å². The summed E-state index contributed by atoms with van der Waals surface area (Å²) in [5, 5.41) is 6.51. The van der Waals surface area contributed by atoms with Gasteiger partial charge in [0.1, 0.15) is 18.0 Å². The van der Waals surface area contributed by atoms with E-state index >= 15 is 0 Å². The summed E-state index contributed by atoms with van der Waals surface area (Å²) in [6.45, 7) is 11.1. The third-order valence-electron chi connectivity index (χ3n) is 2.91. The van der Waals surface area contributed by atoms with Gasteiger partial charge in [0, 0.05) is 32.4 Å². The van der Waals surface area contributed by atoms with Gasteiger partial charge in [0.15, 0.2) is 0 Å². The van der Waals surface area contributed by atoms with Crippen molar-refractivity contribution in [2.24, 2.45) is 5.92 Å². The van der Waals surface area contributed by atoms with E-state index < -0.39 is 0 Å². The third kappa shape index (κ3) is 5.33. The fraction of sp³-hybridized carbons (Fsp3) is 0.733. The number of hydrogen-bond donors (Lipinski definition) is 2. The van der Waals surface area contributed by atoms with E-state index in [9.17, 15) is 0 Å². The van der Waals surface area contributed by atoms with Crippen LogP contribution in [0.25, 0.3) is 0 Å². The molecule has 2 N–H and O–H groups in total. The van der Waals surface area contributed by atoms with Crippen LogP contribution in [-0.4, -0.2) is 36.8 Å². The van der Waals surface area contributed by atoms with Gasteiger partial charge < -0.3 is 15.4 Å². The number of hydrogen-bond acceptors (Lipinski definition) is 5. The second kappa shape index (κ2) is 8.74. The van der Waals surface area contributed by atoms with Crippen LogP contribution in [0.4, 0.5) is 11.6 Å². The third-order valence-corrected chi connectivity index (χ3v) is 2.91. The molecule has 5 nitrogen and oxygen atoms in total. The Kier molecular flexibility index (Phi) is 7.30. The van der Waals surface area contributed by atoms with Gasteiger partial charge >= 0.3 is 0 Å². The van der Waals surface area contributed by atoms with Crippen LogP contribution in [-0.2, 0) is 4.74 Å². The van der Waals surface area contributed by atoms with Crippen LogP contribution in [0.15, 0.2) is 6.33 Å². The molecule has 1 aromatic rings. The monoisotopic (exact) mass is 280 g/mol. The first kappa shape index (κ1) is 16.7. The first-order chi connectivity index (χ1) is 9.56. The Hall–Kier alpha value is -1.36. The summed E-state index contributed by atoms with van der Waals surface area (Å²) in [4.78, 5) is 8.62. The number of rotatable bonds is 9. The Bertz CT molecular complexity index is 393. The molecule has 0 amide bonds. The highest BCUT2D eigenvalue weighted by Crippen LogP contribution is 2.27. The molecule has 1 heterocycles. The van der Waals surface area contributed by atoms with Crippen molar-refractivity contribution in [3.8, 4) is 0 Å². The predicted molar refractivity (Wildman–Crippen MR) is 84.4 cm³/mol. The van der Waals surface area contributed by atoms with Crippen LogP contribution in [0.2, 0.25) is 0 Å². The molecule has 0 aromatic carbocycles. The zero-order valence-corrected chi connectivity index (χ0v) is 13.4. The number of ether oxygens (including phenoxy) is 1. The SMILES string of the molecule is CNc1ncnc(NCCCOCC(C)C)c1C(C)C. The largest absolute Gasteiger partial charge is 0.381 e. The molecular formula is C15H28N4O. The molecule has 0 atom stereocenters. The lowest BCUT2D eigenvalue weighted by atomic mass is 10.0. The minimum Gasteiger partial charge on any atom is -0.381 e. The molecule has 20 heavy (non-hydrogen) atoms. The summed E-state index contributed by atoms with van der Waals surface area (Å²) in [6, 6.07) is 0. The molecule has 0 aliphatic rings. The summed E-state index contributed by atoms with van der Waals surface area (Å²) < 4.78 is 5.57. The van der Waals surface area contributed by atoms with Crippen molar-refractivity contribution in [1.29, 1.82) is 0 Å². The molecule has 1 rings (SSSR count). The normalized spacial score (nSPS) is 11.2. The van der Waals surface area contributed by atoms with Crippen molar-refractivity contribution in [2.75, 3.05) is 37.4 Å². The highest BCUT2D eigenvalue weighted by Gasteiger charge is 2.13. The number of nitrogens with zero attached hydrogens (tertiary/aromatic N) is 2. The van der Waals surface area contributed by atoms with E-state index in [1.807, 2.05) is 7.05 Å². The van der Waals surface area contributed by atoms with E-state index in [1.165, 1.54) is 0 Å². The zero-order chi connectivity index (χ0) is 15.0. The fourth-order valence-electron chi connectivity index (χ4n) is 1.98. The van der Waals surface area contributed by atoms with Crippen LogP contribution in [0.5, 0.6) is 0 Å². The maximum absolute atomic E-state index is 5.57. The standard InChI is InChI=1S/C15H28N4O/c1-11(2)9-20-8-6-7-17-15-13(12(3)4)14(16-5)18-10-19-15/h10-12H,6-9H2,1-5H3,(H2,16,17,18,19). The van der Waals surface area contributed by atoms with E-state index in [0.717, 1.165) is 43.4 Å². The van der Waals surface area contributed by atoms with E-state index in [0.29, 0.717) is 11.8 Å². The van der Waals surface area contributed by atoms with Gasteiger partial charge in [-0.1, -0.05) is 27.7 Å². The van der Waals surface area contributed by atoms with Crippen molar-refractivity contribution >= 4 is 11.6 Å². The second-order valence-electron chi connectivity index (χ2n) is 5.64. The van der Waals surface area contributed by atoms with Crippen molar-refractivity contribution in [3.63, 3.8) is 0 Å². The molecule has 1 aromatic heterocycles. The molecule has 0 spiro atoms. The maximum Gasteiger partial charge on any atom is 0.134 e. The summed E-state index contributed by atoms with van der Waals surface area (Å²) in [7, 11) is 1.89. The Morgan fingerprint density at radius 3 is 2.45 bits per heavy atom. The van der Waals surface area contributed by atoms with Gasteiger partial charge in [-0.15, -0.1) is 0 Å². The lowest BCUT2D eigenvalue weighted by molar-refractivity contribution is 0.110. The fourth-order valence-corrected chi connectivity index (χ4v) is 1.98. The maximum atomic E-state index is 5.57. The van der Waals surface area contributed by atoms with Gasteiger partial charge in [-0.2, -0.15) is 0 Å². The van der Waals surface area contributed by atoms with Gasteiger partial charge in [-0.3, -0.25) is 0 Å². The average Bonchev–Trinajstić information content (AvgIpc) is 2.41. The summed E-state index contributed by atoms with van der Waals surface area (Å²) >= 11 is 0. The molecule has 0 radical (unpaired) electrons. The Morgan fingerprint density at radius 2 is 1.85 bits per heavy atom. The Morgan fingerprint density at radius 1 is 1.15 bits per heavy atom. The first-order valence-electron chi connectivity index (χ1n) is 7.40. The minimum atomic E-state index is 0.373. The lowest BCUT2D eigenvalue weighted by Gasteiger charge is -2.16. The number of aromatic nitrogens is 2. The summed E-state index contributed by atoms with van der Waals surface area (Å²) in [5.41, 5.74) is 1.14. The Labute approximate surface area is 122 Å². The van der Waals surface area contributed by atoms with Gasteiger partial charge in [0.05, 0.1) is 0 Å². The predicted octanol–water partition coefficient (Wildman–Crippen LogP) is 3.12. The molecule has 0 saturated heterocycles. The number of anilines is 2. The zero-order valence-electron chi connectivity index (χ0n) is 13.4. The van der Waals surface area contributed by atoms with Crippen LogP contribution >= 0.6 is 0 Å². The van der Waals surface area contributed by atoms with Crippen molar-refractivity contribution in [3.05, 3.63) is 11.9 Å². The molecule has 0 unspecified atom stereocenters. The molecule has 0 aliphatic heterocycles. The molecule has 114 valence electrons. The minimum absolute atomic E-state index is 0.373. The summed E-state index contributed by atoms with van der Waals surface area (Å²) in [5.74, 6) is 2.78. The lowest BCUT2D eigenvalue weighted by Crippen LogP contribution is -2.12. The van der Waals surface area contributed by atoms with Gasteiger partial charge in [-0.25, -0.2) is 9.97 Å². The van der Waals surface area contributed by atoms with Crippen LogP contribution in [0.1, 0.15) is 45.6 Å². The van der Waals surface area contributed by atoms with E-state index in [2.05, 4.69) is 48.3 Å². The van der Waals surface area contributed by atoms with Crippen molar-refractivity contribution < 1.29 is 4.74 Å². The highest BCUT2D eigenvalue weighted by atomic mass is 16.5. The number of nitrogens with one attached hydrogen (secondary N) is 2. The topological polar surface area (TPSA) is 59.1 Å². The molecule has 0 aliphatic carbocycles. The highest BCUT2D eigenvalue weighted by molar-refractivity contribution is 5.58. The Balaban J connectivity index is 2.47.